The van der Waals surface area contributed by atoms with Crippen LogP contribution in [0.1, 0.15) is 10.4 Å². The summed E-state index contributed by atoms with van der Waals surface area (Å²) in [7, 11) is 1.68. The fourth-order valence-corrected chi connectivity index (χ4v) is 5.52. The number of nitrogens with zero attached hydrogens (tertiary/aromatic N) is 1. The maximum atomic E-state index is 6.26. The van der Waals surface area contributed by atoms with Crippen LogP contribution in [-0.2, 0) is 12.2 Å². The van der Waals surface area contributed by atoms with Crippen molar-refractivity contribution >= 4 is 44.9 Å². The third kappa shape index (κ3) is 2.39. The molecule has 5 heteroatoms. The fraction of sp³-hybridized carbons (Fsp3) is 0.235. The van der Waals surface area contributed by atoms with Gasteiger partial charge in [-0.15, -0.1) is 11.3 Å². The summed E-state index contributed by atoms with van der Waals surface area (Å²) in [5.41, 5.74) is 3.81. The Morgan fingerprint density at radius 3 is 2.82 bits per heavy atom. The van der Waals surface area contributed by atoms with E-state index in [0.29, 0.717) is 5.15 Å². The molecule has 0 spiro atoms. The van der Waals surface area contributed by atoms with Gasteiger partial charge in [0.05, 0.1) is 7.11 Å². The van der Waals surface area contributed by atoms with Gasteiger partial charge in [0, 0.05) is 16.0 Å². The number of fused-ring (bicyclic) bond motifs is 3. The Labute approximate surface area is 142 Å². The van der Waals surface area contributed by atoms with Crippen LogP contribution < -0.4 is 4.74 Å². The summed E-state index contributed by atoms with van der Waals surface area (Å²) in [5, 5.41) is 1.85. The lowest BCUT2D eigenvalue weighted by Crippen LogP contribution is -1.98. The van der Waals surface area contributed by atoms with Crippen molar-refractivity contribution in [3.05, 3.63) is 45.9 Å². The summed E-state index contributed by atoms with van der Waals surface area (Å²) in [6, 6.07) is 10.1. The maximum Gasteiger partial charge on any atom is 0.131 e. The van der Waals surface area contributed by atoms with Gasteiger partial charge >= 0.3 is 0 Å². The van der Waals surface area contributed by atoms with Crippen LogP contribution in [0.2, 0.25) is 5.15 Å². The molecule has 0 saturated heterocycles. The summed E-state index contributed by atoms with van der Waals surface area (Å²) >= 11 is 10.0. The molecule has 0 saturated carbocycles. The molecular formula is C17H14ClNOS2. The molecule has 0 fully saturated rings. The topological polar surface area (TPSA) is 22.1 Å². The van der Waals surface area contributed by atoms with Crippen LogP contribution in [-0.4, -0.2) is 17.8 Å². The summed E-state index contributed by atoms with van der Waals surface area (Å²) < 4.78 is 5.25. The number of aryl methyl sites for hydroxylation is 1. The normalized spacial score (nSPS) is 14.1. The molecule has 3 aromatic rings. The van der Waals surface area contributed by atoms with Crippen LogP contribution in [0.15, 0.2) is 30.3 Å². The van der Waals surface area contributed by atoms with Crippen molar-refractivity contribution < 1.29 is 4.74 Å². The van der Waals surface area contributed by atoms with Gasteiger partial charge in [0.15, 0.2) is 0 Å². The molecule has 2 aromatic heterocycles. The molecule has 22 heavy (non-hydrogen) atoms. The van der Waals surface area contributed by atoms with Crippen LogP contribution in [0.3, 0.4) is 0 Å². The molecule has 112 valence electrons. The molecule has 0 aliphatic carbocycles. The molecule has 0 unspecified atom stereocenters. The van der Waals surface area contributed by atoms with E-state index in [1.54, 1.807) is 18.4 Å². The number of rotatable bonds is 2. The number of benzene rings is 1. The van der Waals surface area contributed by atoms with E-state index in [-0.39, 0.29) is 0 Å². The molecule has 0 N–H and O–H groups in total. The first kappa shape index (κ1) is 14.4. The first-order chi connectivity index (χ1) is 10.8. The minimum absolute atomic E-state index is 0.560. The van der Waals surface area contributed by atoms with E-state index in [9.17, 15) is 0 Å². The first-order valence-electron chi connectivity index (χ1n) is 7.09. The smallest absolute Gasteiger partial charge is 0.131 e. The Morgan fingerprint density at radius 2 is 2.05 bits per heavy atom. The Hall–Kier alpha value is -1.23. The number of hydrogen-bond donors (Lipinski definition) is 0. The Balaban J connectivity index is 1.96. The molecule has 1 aliphatic rings. The Morgan fingerprint density at radius 1 is 1.23 bits per heavy atom. The number of ether oxygens (including phenoxy) is 1. The van der Waals surface area contributed by atoms with Crippen molar-refractivity contribution in [2.45, 2.75) is 12.2 Å². The monoisotopic (exact) mass is 347 g/mol. The number of hydrogen-bond acceptors (Lipinski definition) is 4. The van der Waals surface area contributed by atoms with Crippen molar-refractivity contribution in [1.82, 2.24) is 4.98 Å². The highest BCUT2D eigenvalue weighted by atomic mass is 35.5. The van der Waals surface area contributed by atoms with Crippen LogP contribution in [0.5, 0.6) is 5.75 Å². The van der Waals surface area contributed by atoms with E-state index in [1.165, 1.54) is 27.1 Å². The highest BCUT2D eigenvalue weighted by molar-refractivity contribution is 7.98. The highest BCUT2D eigenvalue weighted by Crippen LogP contribution is 2.42. The van der Waals surface area contributed by atoms with E-state index < -0.39 is 0 Å². The average Bonchev–Trinajstić information content (AvgIpc) is 2.92. The molecule has 4 rings (SSSR count). The molecule has 0 atom stereocenters. The lowest BCUT2D eigenvalue weighted by atomic mass is 9.99. The van der Waals surface area contributed by atoms with Gasteiger partial charge in [-0.1, -0.05) is 23.7 Å². The minimum atomic E-state index is 0.560. The van der Waals surface area contributed by atoms with Gasteiger partial charge in [0.2, 0.25) is 0 Å². The van der Waals surface area contributed by atoms with E-state index >= 15 is 0 Å². The maximum absolute atomic E-state index is 6.26. The molecule has 0 bridgehead atoms. The summed E-state index contributed by atoms with van der Waals surface area (Å²) in [4.78, 5) is 7.07. The van der Waals surface area contributed by atoms with Gasteiger partial charge in [-0.2, -0.15) is 11.8 Å². The second kappa shape index (κ2) is 5.76. The molecule has 2 nitrogen and oxygen atoms in total. The summed E-state index contributed by atoms with van der Waals surface area (Å²) in [6.45, 7) is 0. The Bertz CT molecular complexity index is 842. The van der Waals surface area contributed by atoms with Gasteiger partial charge in [-0.05, 0) is 47.1 Å². The van der Waals surface area contributed by atoms with E-state index in [2.05, 4.69) is 17.1 Å². The fourth-order valence-electron chi connectivity index (χ4n) is 2.89. The number of pyridine rings is 1. The van der Waals surface area contributed by atoms with E-state index in [0.717, 1.165) is 28.3 Å². The lowest BCUT2D eigenvalue weighted by molar-refractivity contribution is 0.415. The molecule has 0 radical (unpaired) electrons. The number of halogens is 1. The molecule has 3 heterocycles. The van der Waals surface area contributed by atoms with Gasteiger partial charge in [-0.3, -0.25) is 0 Å². The van der Waals surface area contributed by atoms with Crippen molar-refractivity contribution in [2.75, 3.05) is 12.9 Å². The van der Waals surface area contributed by atoms with Crippen LogP contribution in [0.25, 0.3) is 21.3 Å². The SMILES string of the molecule is COc1ccc(-c2cc(Cl)nc3sc4c(c23)CCSC4)cc1. The van der Waals surface area contributed by atoms with Gasteiger partial charge in [0.1, 0.15) is 15.7 Å². The minimum Gasteiger partial charge on any atom is -0.497 e. The number of methoxy groups -OCH3 is 1. The molecule has 1 aromatic carbocycles. The van der Waals surface area contributed by atoms with Gasteiger partial charge in [0.25, 0.3) is 0 Å². The van der Waals surface area contributed by atoms with Crippen molar-refractivity contribution in [1.29, 1.82) is 0 Å². The largest absolute Gasteiger partial charge is 0.497 e. The lowest BCUT2D eigenvalue weighted by Gasteiger charge is -2.12. The van der Waals surface area contributed by atoms with Gasteiger partial charge < -0.3 is 4.74 Å². The predicted molar refractivity (Wildman–Crippen MR) is 96.5 cm³/mol. The second-order valence-electron chi connectivity index (χ2n) is 5.21. The third-order valence-corrected chi connectivity index (χ3v) is 6.43. The van der Waals surface area contributed by atoms with Crippen molar-refractivity contribution in [3.8, 4) is 16.9 Å². The quantitative estimate of drug-likeness (QED) is 0.578. The molecule has 1 aliphatic heterocycles. The zero-order chi connectivity index (χ0) is 15.1. The first-order valence-corrected chi connectivity index (χ1v) is 9.44. The molecule has 0 amide bonds. The van der Waals surface area contributed by atoms with Crippen LogP contribution in [0, 0.1) is 0 Å². The van der Waals surface area contributed by atoms with E-state index in [4.69, 9.17) is 16.3 Å². The second-order valence-corrected chi connectivity index (χ2v) is 7.78. The summed E-state index contributed by atoms with van der Waals surface area (Å²) in [5.74, 6) is 3.14. The van der Waals surface area contributed by atoms with Crippen LogP contribution in [0.4, 0.5) is 0 Å². The number of aromatic nitrogens is 1. The highest BCUT2D eigenvalue weighted by Gasteiger charge is 2.20. The predicted octanol–water partition coefficient (Wildman–Crippen LogP) is 5.41. The summed E-state index contributed by atoms with van der Waals surface area (Å²) in [6.07, 6.45) is 1.12. The zero-order valence-electron chi connectivity index (χ0n) is 12.1. The number of thiophene rings is 1. The Kier molecular flexibility index (Phi) is 3.76. The molecular weight excluding hydrogens is 334 g/mol. The zero-order valence-corrected chi connectivity index (χ0v) is 14.4. The van der Waals surface area contributed by atoms with Crippen molar-refractivity contribution in [2.24, 2.45) is 0 Å². The average molecular weight is 348 g/mol. The third-order valence-electron chi connectivity index (χ3n) is 3.94. The van der Waals surface area contributed by atoms with Crippen molar-refractivity contribution in [3.63, 3.8) is 0 Å². The van der Waals surface area contributed by atoms with E-state index in [1.807, 2.05) is 30.0 Å². The van der Waals surface area contributed by atoms with Crippen LogP contribution >= 0.6 is 34.7 Å². The van der Waals surface area contributed by atoms with Gasteiger partial charge in [-0.25, -0.2) is 4.98 Å². The standard InChI is InChI=1S/C17H14ClNOS2/c1-20-11-4-2-10(3-5-11)13-8-15(18)19-17-16(13)12-6-7-21-9-14(12)22-17/h2-5,8H,6-7,9H2,1H3. The number of thioether (sulfide) groups is 1.